The molecule has 0 aromatic rings. The lowest BCUT2D eigenvalue weighted by molar-refractivity contribution is -0.0689. The van der Waals surface area contributed by atoms with Gasteiger partial charge in [0.15, 0.2) is 0 Å². The number of unbranched alkanes of at least 4 members (excludes halogenated alkanes) is 1. The van der Waals surface area contributed by atoms with E-state index in [2.05, 4.69) is 62.0 Å². The van der Waals surface area contributed by atoms with Crippen LogP contribution >= 0.6 is 0 Å². The van der Waals surface area contributed by atoms with E-state index in [9.17, 15) is 0 Å². The smallest absolute Gasteiger partial charge is 0.0195 e. The van der Waals surface area contributed by atoms with Gasteiger partial charge in [-0.05, 0) is 66.6 Å². The van der Waals surface area contributed by atoms with Crippen LogP contribution in [0.15, 0.2) is 12.2 Å². The van der Waals surface area contributed by atoms with Gasteiger partial charge in [-0.25, -0.2) is 0 Å². The Morgan fingerprint density at radius 2 is 1.72 bits per heavy atom. The van der Waals surface area contributed by atoms with Crippen molar-refractivity contribution in [2.45, 2.75) is 107 Å². The third-order valence-corrected chi connectivity index (χ3v) is 7.95. The van der Waals surface area contributed by atoms with E-state index in [4.69, 9.17) is 0 Å². The van der Waals surface area contributed by atoms with Crippen molar-refractivity contribution in [3.8, 4) is 0 Å². The summed E-state index contributed by atoms with van der Waals surface area (Å²) in [7, 11) is 0. The molecule has 1 rings (SSSR count). The van der Waals surface area contributed by atoms with Crippen LogP contribution in [0.25, 0.3) is 0 Å². The summed E-state index contributed by atoms with van der Waals surface area (Å²) < 4.78 is 0. The normalized spacial score (nSPS) is 31.0. The van der Waals surface area contributed by atoms with Crippen molar-refractivity contribution >= 4 is 0 Å². The van der Waals surface area contributed by atoms with Crippen molar-refractivity contribution in [1.82, 2.24) is 0 Å². The minimum atomic E-state index is 0.537. The molecule has 0 spiro atoms. The van der Waals surface area contributed by atoms with Crippen molar-refractivity contribution < 1.29 is 0 Å². The molecule has 0 bridgehead atoms. The van der Waals surface area contributed by atoms with Gasteiger partial charge in [0.25, 0.3) is 0 Å². The van der Waals surface area contributed by atoms with Gasteiger partial charge in [-0.1, -0.05) is 93.2 Å². The number of rotatable bonds is 12. The molecule has 0 amide bonds. The topological polar surface area (TPSA) is 0 Å². The van der Waals surface area contributed by atoms with Crippen molar-refractivity contribution in [3.05, 3.63) is 12.2 Å². The molecule has 0 heterocycles. The summed E-state index contributed by atoms with van der Waals surface area (Å²) in [5.41, 5.74) is 2.10. The monoisotopic (exact) mass is 348 g/mol. The molecule has 0 nitrogen and oxygen atoms in total. The molecule has 0 aromatic heterocycles. The molecule has 0 saturated heterocycles. The summed E-state index contributed by atoms with van der Waals surface area (Å²) >= 11 is 0. The third-order valence-electron chi connectivity index (χ3n) is 7.95. The fourth-order valence-corrected chi connectivity index (χ4v) is 6.23. The summed E-state index contributed by atoms with van der Waals surface area (Å²) in [5, 5.41) is 0. The Labute approximate surface area is 160 Å². The third kappa shape index (κ3) is 5.36. The van der Waals surface area contributed by atoms with E-state index in [0.717, 1.165) is 29.6 Å². The summed E-state index contributed by atoms with van der Waals surface area (Å²) in [6, 6.07) is 0. The lowest BCUT2D eigenvalue weighted by Crippen LogP contribution is -2.50. The molecule has 25 heavy (non-hydrogen) atoms. The molecule has 0 aliphatic heterocycles. The van der Waals surface area contributed by atoms with Crippen molar-refractivity contribution in [2.24, 2.45) is 40.9 Å². The van der Waals surface area contributed by atoms with Gasteiger partial charge in [-0.2, -0.15) is 0 Å². The van der Waals surface area contributed by atoms with Gasteiger partial charge < -0.3 is 0 Å². The van der Waals surface area contributed by atoms with Gasteiger partial charge in [-0.3, -0.25) is 0 Å². The van der Waals surface area contributed by atoms with Gasteiger partial charge in [0.2, 0.25) is 0 Å². The van der Waals surface area contributed by atoms with Gasteiger partial charge in [0.1, 0.15) is 0 Å². The van der Waals surface area contributed by atoms with Crippen LogP contribution in [-0.4, -0.2) is 0 Å². The van der Waals surface area contributed by atoms with Crippen LogP contribution in [0.3, 0.4) is 0 Å². The summed E-state index contributed by atoms with van der Waals surface area (Å²) in [4.78, 5) is 0. The Hall–Kier alpha value is -0.260. The lowest BCUT2D eigenvalue weighted by atomic mass is 9.47. The largest absolute Gasteiger partial charge is 0.0993 e. The summed E-state index contributed by atoms with van der Waals surface area (Å²) in [6.45, 7) is 24.1. The number of hydrogen-bond acceptors (Lipinski definition) is 0. The molecule has 1 aliphatic carbocycles. The molecule has 0 N–H and O–H groups in total. The Bertz CT molecular complexity index is 395. The Morgan fingerprint density at radius 1 is 1.08 bits per heavy atom. The van der Waals surface area contributed by atoms with E-state index in [1.807, 2.05) is 0 Å². The van der Waals surface area contributed by atoms with Crippen LogP contribution < -0.4 is 0 Å². The molecular formula is C25H48. The van der Waals surface area contributed by atoms with Crippen LogP contribution in [0.2, 0.25) is 0 Å². The average molecular weight is 349 g/mol. The first-order chi connectivity index (χ1) is 11.7. The molecule has 1 aliphatic rings. The number of allylic oxidation sites excluding steroid dienone is 1. The molecule has 0 heteroatoms. The van der Waals surface area contributed by atoms with Gasteiger partial charge in [-0.15, -0.1) is 0 Å². The lowest BCUT2D eigenvalue weighted by Gasteiger charge is -2.57. The zero-order valence-corrected chi connectivity index (χ0v) is 18.8. The average Bonchev–Trinajstić information content (AvgIpc) is 2.58. The predicted octanol–water partition coefficient (Wildman–Crippen LogP) is 8.52. The highest BCUT2D eigenvalue weighted by Crippen LogP contribution is 2.60. The fourth-order valence-electron chi connectivity index (χ4n) is 6.23. The molecule has 7 atom stereocenters. The summed E-state index contributed by atoms with van der Waals surface area (Å²) in [5.74, 6) is 4.90. The van der Waals surface area contributed by atoms with E-state index in [-0.39, 0.29) is 0 Å². The maximum Gasteiger partial charge on any atom is -0.0195 e. The Balaban J connectivity index is 2.84. The van der Waals surface area contributed by atoms with Crippen LogP contribution in [-0.2, 0) is 0 Å². The number of hydrogen-bond donors (Lipinski definition) is 0. The second kappa shape index (κ2) is 10.2. The molecule has 1 saturated carbocycles. The second-order valence-corrected chi connectivity index (χ2v) is 9.73. The predicted molar refractivity (Wildman–Crippen MR) is 115 cm³/mol. The van der Waals surface area contributed by atoms with Crippen molar-refractivity contribution in [2.75, 3.05) is 0 Å². The molecule has 7 unspecified atom stereocenters. The fraction of sp³-hybridized carbons (Fsp3) is 0.920. The molecule has 0 radical (unpaired) electrons. The van der Waals surface area contributed by atoms with Crippen LogP contribution in [0.5, 0.6) is 0 Å². The van der Waals surface area contributed by atoms with Crippen LogP contribution in [0.4, 0.5) is 0 Å². The van der Waals surface area contributed by atoms with E-state index in [1.165, 1.54) is 51.4 Å². The van der Waals surface area contributed by atoms with Crippen LogP contribution in [0.1, 0.15) is 107 Å². The van der Waals surface area contributed by atoms with E-state index >= 15 is 0 Å². The highest BCUT2D eigenvalue weighted by molar-refractivity contribution is 5.13. The van der Waals surface area contributed by atoms with Gasteiger partial charge >= 0.3 is 0 Å². The molecule has 0 aromatic carbocycles. The molecular weight excluding hydrogens is 300 g/mol. The first-order valence-electron chi connectivity index (χ1n) is 11.4. The van der Waals surface area contributed by atoms with Gasteiger partial charge in [0.05, 0.1) is 0 Å². The van der Waals surface area contributed by atoms with Crippen molar-refractivity contribution in [1.29, 1.82) is 0 Å². The molecule has 148 valence electrons. The first-order valence-corrected chi connectivity index (χ1v) is 11.4. The Morgan fingerprint density at radius 3 is 2.16 bits per heavy atom. The van der Waals surface area contributed by atoms with E-state index < -0.39 is 0 Å². The quantitative estimate of drug-likeness (QED) is 0.310. The van der Waals surface area contributed by atoms with Crippen molar-refractivity contribution in [3.63, 3.8) is 0 Å². The standard InChI is InChI=1S/C25H48/c1-10-14-15-22(12-3)20(7)21(8)24-19(6)16-25(24,9)17-23(13-4)18(5)11-2/h18-19,21-24H,7,10-17H2,1-6,8-9H3. The van der Waals surface area contributed by atoms with E-state index in [1.54, 1.807) is 5.57 Å². The van der Waals surface area contributed by atoms with Crippen LogP contribution in [0, 0.1) is 40.9 Å². The zero-order valence-electron chi connectivity index (χ0n) is 18.8. The van der Waals surface area contributed by atoms with Gasteiger partial charge in [0, 0.05) is 0 Å². The maximum absolute atomic E-state index is 4.63. The second-order valence-electron chi connectivity index (χ2n) is 9.73. The minimum absolute atomic E-state index is 0.537. The highest BCUT2D eigenvalue weighted by atomic mass is 14.6. The SMILES string of the molecule is C=C(C(CC)CCCC)C(C)C1C(C)CC1(C)CC(CC)C(C)CC. The highest BCUT2D eigenvalue weighted by Gasteiger charge is 2.51. The Kier molecular flexibility index (Phi) is 9.27. The first kappa shape index (κ1) is 22.8. The molecule has 1 fully saturated rings. The summed E-state index contributed by atoms with van der Waals surface area (Å²) in [6.07, 6.45) is 10.8. The zero-order chi connectivity index (χ0) is 19.2. The van der Waals surface area contributed by atoms with E-state index in [0.29, 0.717) is 11.3 Å². The maximum atomic E-state index is 4.63. The minimum Gasteiger partial charge on any atom is -0.0993 e.